The third kappa shape index (κ3) is 4.85. The van der Waals surface area contributed by atoms with Crippen LogP contribution in [0.1, 0.15) is 12.0 Å². The predicted molar refractivity (Wildman–Crippen MR) is 97.2 cm³/mol. The monoisotopic (exact) mass is 387 g/mol. The van der Waals surface area contributed by atoms with Crippen LogP contribution in [0.15, 0.2) is 18.2 Å². The molecule has 25 heavy (non-hydrogen) atoms. The molecule has 0 aliphatic carbocycles. The van der Waals surface area contributed by atoms with E-state index < -0.39 is 10.0 Å². The van der Waals surface area contributed by atoms with Crippen molar-refractivity contribution in [2.75, 3.05) is 43.3 Å². The second-order valence-corrected chi connectivity index (χ2v) is 8.31. The number of anilines is 1. The molecule has 138 valence electrons. The fourth-order valence-corrected chi connectivity index (χ4v) is 3.91. The molecular formula is C16H22ClN3O4S. The van der Waals surface area contributed by atoms with E-state index in [1.807, 2.05) is 0 Å². The molecule has 0 bridgehead atoms. The summed E-state index contributed by atoms with van der Waals surface area (Å²) in [6.07, 6.45) is 1.95. The smallest absolute Gasteiger partial charge is 0.232 e. The van der Waals surface area contributed by atoms with E-state index in [0.29, 0.717) is 42.5 Å². The van der Waals surface area contributed by atoms with Crippen molar-refractivity contribution in [3.63, 3.8) is 0 Å². The number of amides is 2. The molecule has 1 fully saturated rings. The van der Waals surface area contributed by atoms with Crippen LogP contribution in [-0.2, 0) is 19.6 Å². The van der Waals surface area contributed by atoms with Crippen LogP contribution in [0.4, 0.5) is 5.69 Å². The molecule has 9 heteroatoms. The van der Waals surface area contributed by atoms with Crippen LogP contribution in [0.5, 0.6) is 0 Å². The Morgan fingerprint density at radius 3 is 2.48 bits per heavy atom. The van der Waals surface area contributed by atoms with E-state index in [1.54, 1.807) is 34.9 Å². The average molecular weight is 388 g/mol. The highest BCUT2D eigenvalue weighted by molar-refractivity contribution is 7.92. The first-order chi connectivity index (χ1) is 11.7. The van der Waals surface area contributed by atoms with Crippen LogP contribution in [-0.4, -0.2) is 69.5 Å². The maximum Gasteiger partial charge on any atom is 0.232 e. The van der Waals surface area contributed by atoms with Crippen LogP contribution in [0.3, 0.4) is 0 Å². The molecule has 1 aliphatic rings. The lowest BCUT2D eigenvalue weighted by Crippen LogP contribution is -2.48. The van der Waals surface area contributed by atoms with Crippen LogP contribution < -0.4 is 4.31 Å². The van der Waals surface area contributed by atoms with Gasteiger partial charge in [0.25, 0.3) is 0 Å². The maximum absolute atomic E-state index is 12.4. The van der Waals surface area contributed by atoms with Crippen molar-refractivity contribution in [3.05, 3.63) is 28.8 Å². The van der Waals surface area contributed by atoms with Crippen LogP contribution >= 0.6 is 11.6 Å². The van der Waals surface area contributed by atoms with Gasteiger partial charge in [-0.25, -0.2) is 8.42 Å². The van der Waals surface area contributed by atoms with Gasteiger partial charge in [-0.05, 0) is 24.6 Å². The Morgan fingerprint density at radius 2 is 1.92 bits per heavy atom. The highest BCUT2D eigenvalue weighted by atomic mass is 35.5. The van der Waals surface area contributed by atoms with Gasteiger partial charge in [0.15, 0.2) is 0 Å². The van der Waals surface area contributed by atoms with Gasteiger partial charge in [-0.2, -0.15) is 0 Å². The minimum atomic E-state index is -3.55. The van der Waals surface area contributed by atoms with Gasteiger partial charge >= 0.3 is 0 Å². The fourth-order valence-electron chi connectivity index (χ4n) is 2.76. The summed E-state index contributed by atoms with van der Waals surface area (Å²) in [5, 5.41) is 0.475. The predicted octanol–water partition coefficient (Wildman–Crippen LogP) is 1.11. The molecule has 0 aromatic heterocycles. The Hall–Kier alpha value is -1.80. The van der Waals surface area contributed by atoms with E-state index in [4.69, 9.17) is 11.6 Å². The highest BCUT2D eigenvalue weighted by Crippen LogP contribution is 2.28. The summed E-state index contributed by atoms with van der Waals surface area (Å²) >= 11 is 6.09. The molecule has 2 amide bonds. The summed E-state index contributed by atoms with van der Waals surface area (Å²) in [6, 6.07) is 5.05. The maximum atomic E-state index is 12.4. The van der Waals surface area contributed by atoms with Crippen molar-refractivity contribution in [2.45, 2.75) is 13.3 Å². The van der Waals surface area contributed by atoms with Gasteiger partial charge in [0.05, 0.1) is 11.9 Å². The zero-order valence-corrected chi connectivity index (χ0v) is 15.9. The quantitative estimate of drug-likeness (QED) is 0.685. The second kappa shape index (κ2) is 8.05. The molecule has 1 aromatic rings. The average Bonchev–Trinajstić information content (AvgIpc) is 2.57. The Morgan fingerprint density at radius 1 is 1.28 bits per heavy atom. The second-order valence-electron chi connectivity index (χ2n) is 5.99. The van der Waals surface area contributed by atoms with Crippen molar-refractivity contribution >= 4 is 39.6 Å². The number of sulfonamides is 1. The lowest BCUT2D eigenvalue weighted by Gasteiger charge is -2.33. The van der Waals surface area contributed by atoms with Gasteiger partial charge in [-0.15, -0.1) is 0 Å². The van der Waals surface area contributed by atoms with Gasteiger partial charge in [0, 0.05) is 44.2 Å². The molecule has 1 saturated heterocycles. The largest absolute Gasteiger partial charge is 0.342 e. The number of rotatable bonds is 6. The van der Waals surface area contributed by atoms with E-state index in [1.165, 1.54) is 4.31 Å². The highest BCUT2D eigenvalue weighted by Gasteiger charge is 2.24. The Kier molecular flexibility index (Phi) is 6.29. The molecule has 7 nitrogen and oxygen atoms in total. The molecule has 0 saturated carbocycles. The number of hydrogen-bond donors (Lipinski definition) is 0. The number of hydrogen-bond acceptors (Lipinski definition) is 4. The van der Waals surface area contributed by atoms with Gasteiger partial charge in [0.2, 0.25) is 22.3 Å². The number of carbonyl (C=O) groups excluding carboxylic acids is 2. The van der Waals surface area contributed by atoms with Gasteiger partial charge in [-0.3, -0.25) is 13.9 Å². The normalized spacial score (nSPS) is 15.2. The lowest BCUT2D eigenvalue weighted by atomic mass is 10.2. The molecule has 0 unspecified atom stereocenters. The molecular weight excluding hydrogens is 366 g/mol. The van der Waals surface area contributed by atoms with E-state index in [0.717, 1.165) is 12.7 Å². The molecule has 1 aliphatic heterocycles. The standard InChI is InChI=1S/C16H22ClN3O4S/c1-13-14(17)4-3-5-15(13)20(25(2,23)24)7-6-16(22)19-10-8-18(12-21)9-11-19/h3-5,12H,6-11H2,1-2H3. The number of nitrogens with zero attached hydrogens (tertiary/aromatic N) is 3. The Labute approximate surface area is 153 Å². The van der Waals surface area contributed by atoms with Gasteiger partial charge in [0.1, 0.15) is 0 Å². The molecule has 0 N–H and O–H groups in total. The first kappa shape index (κ1) is 19.5. The van der Waals surface area contributed by atoms with Crippen molar-refractivity contribution in [1.82, 2.24) is 9.80 Å². The minimum Gasteiger partial charge on any atom is -0.342 e. The molecule has 1 aromatic carbocycles. The molecule has 0 atom stereocenters. The summed E-state index contributed by atoms with van der Waals surface area (Å²) in [6.45, 7) is 3.72. The number of piperazine rings is 1. The Balaban J connectivity index is 2.08. The summed E-state index contributed by atoms with van der Waals surface area (Å²) in [7, 11) is -3.55. The topological polar surface area (TPSA) is 78.0 Å². The van der Waals surface area contributed by atoms with E-state index in [-0.39, 0.29) is 18.9 Å². The minimum absolute atomic E-state index is 0.0484. The SMILES string of the molecule is Cc1c(Cl)cccc1N(CCC(=O)N1CCN(C=O)CC1)S(C)(=O)=O. The summed E-state index contributed by atoms with van der Waals surface area (Å²) in [5.74, 6) is -0.126. The lowest BCUT2D eigenvalue weighted by molar-refractivity contribution is -0.134. The molecule has 0 radical (unpaired) electrons. The number of halogens is 1. The third-order valence-electron chi connectivity index (χ3n) is 4.25. The van der Waals surface area contributed by atoms with Crippen LogP contribution in [0.2, 0.25) is 5.02 Å². The Bertz CT molecular complexity index is 746. The van der Waals surface area contributed by atoms with Crippen molar-refractivity contribution in [2.24, 2.45) is 0 Å². The van der Waals surface area contributed by atoms with Gasteiger partial charge in [-0.1, -0.05) is 17.7 Å². The number of benzene rings is 1. The van der Waals surface area contributed by atoms with Crippen molar-refractivity contribution < 1.29 is 18.0 Å². The molecule has 1 heterocycles. The zero-order chi connectivity index (χ0) is 18.6. The van der Waals surface area contributed by atoms with E-state index >= 15 is 0 Å². The molecule has 2 rings (SSSR count). The van der Waals surface area contributed by atoms with E-state index in [9.17, 15) is 18.0 Å². The first-order valence-electron chi connectivity index (χ1n) is 7.94. The zero-order valence-electron chi connectivity index (χ0n) is 14.3. The first-order valence-corrected chi connectivity index (χ1v) is 10.2. The van der Waals surface area contributed by atoms with Crippen LogP contribution in [0, 0.1) is 6.92 Å². The fraction of sp³-hybridized carbons (Fsp3) is 0.500. The third-order valence-corrected chi connectivity index (χ3v) is 5.84. The van der Waals surface area contributed by atoms with Crippen molar-refractivity contribution in [1.29, 1.82) is 0 Å². The van der Waals surface area contributed by atoms with E-state index in [2.05, 4.69) is 0 Å². The summed E-state index contributed by atoms with van der Waals surface area (Å²) in [4.78, 5) is 26.4. The van der Waals surface area contributed by atoms with Crippen LogP contribution in [0.25, 0.3) is 0 Å². The summed E-state index contributed by atoms with van der Waals surface area (Å²) < 4.78 is 25.6. The van der Waals surface area contributed by atoms with Gasteiger partial charge < -0.3 is 9.80 Å². The summed E-state index contributed by atoms with van der Waals surface area (Å²) in [5.41, 5.74) is 1.13. The van der Waals surface area contributed by atoms with Crippen molar-refractivity contribution in [3.8, 4) is 0 Å². The molecule has 0 spiro atoms. The number of carbonyl (C=O) groups is 2.